The first-order valence-electron chi connectivity index (χ1n) is 12.7. The van der Waals surface area contributed by atoms with Gasteiger partial charge in [0.1, 0.15) is 0 Å². The molecule has 3 atom stereocenters. The topological polar surface area (TPSA) is 29.1 Å². The third-order valence-electron chi connectivity index (χ3n) is 8.83. The predicted octanol–water partition coefficient (Wildman–Crippen LogP) is 7.40. The van der Waals surface area contributed by atoms with Crippen LogP contribution in [-0.4, -0.2) is 12.5 Å². The fourth-order valence-electron chi connectivity index (χ4n) is 6.93. The van der Waals surface area contributed by atoms with Crippen molar-refractivity contribution in [2.45, 2.75) is 71.1 Å². The molecule has 0 radical (unpaired) electrons. The van der Waals surface area contributed by atoms with E-state index in [0.29, 0.717) is 11.8 Å². The van der Waals surface area contributed by atoms with Crippen LogP contribution >= 0.6 is 0 Å². The monoisotopic (exact) mass is 439 g/mol. The lowest BCUT2D eigenvalue weighted by Crippen LogP contribution is -2.53. The van der Waals surface area contributed by atoms with E-state index >= 15 is 0 Å². The van der Waals surface area contributed by atoms with Gasteiger partial charge in [0, 0.05) is 12.1 Å². The van der Waals surface area contributed by atoms with Crippen LogP contribution in [0.2, 0.25) is 0 Å². The van der Waals surface area contributed by atoms with Crippen molar-refractivity contribution in [3.05, 3.63) is 82.9 Å². The number of aryl methyl sites for hydroxylation is 1. The van der Waals surface area contributed by atoms with E-state index in [2.05, 4.69) is 63.3 Å². The molecule has 0 aliphatic heterocycles. The standard InChI is InChI=1S/C31H37NO/c1-21(2)23-12-14-27-25(18-23)13-15-28-30(3,16-7-17-31(27,28)4)20-32-29(33)26-11-10-22-8-5-6-9-24(22)19-26/h5-6,8-12,14,18-19,21,28H,7,13,15-17,20H2,1-4H3,(H,32,33). The van der Waals surface area contributed by atoms with E-state index in [1.807, 2.05) is 30.3 Å². The molecule has 0 saturated heterocycles. The Labute approximate surface area is 198 Å². The van der Waals surface area contributed by atoms with Crippen LogP contribution in [-0.2, 0) is 11.8 Å². The molecular formula is C31H37NO. The van der Waals surface area contributed by atoms with E-state index in [4.69, 9.17) is 0 Å². The van der Waals surface area contributed by atoms with Crippen molar-refractivity contribution in [2.24, 2.45) is 11.3 Å². The van der Waals surface area contributed by atoms with Gasteiger partial charge in [0.05, 0.1) is 0 Å². The molecule has 0 aromatic heterocycles. The van der Waals surface area contributed by atoms with Gasteiger partial charge in [0.2, 0.25) is 0 Å². The van der Waals surface area contributed by atoms with Crippen molar-refractivity contribution >= 4 is 16.7 Å². The van der Waals surface area contributed by atoms with Gasteiger partial charge in [0.25, 0.3) is 5.91 Å². The minimum Gasteiger partial charge on any atom is -0.351 e. The summed E-state index contributed by atoms with van der Waals surface area (Å²) in [6, 6.07) is 21.5. The lowest BCUT2D eigenvalue weighted by molar-refractivity contribution is 0.0254. The van der Waals surface area contributed by atoms with E-state index in [9.17, 15) is 4.79 Å². The van der Waals surface area contributed by atoms with Crippen molar-refractivity contribution in [3.8, 4) is 0 Å². The predicted molar refractivity (Wildman–Crippen MR) is 138 cm³/mol. The van der Waals surface area contributed by atoms with Crippen molar-refractivity contribution in [1.29, 1.82) is 0 Å². The number of fused-ring (bicyclic) bond motifs is 4. The maximum atomic E-state index is 13.1. The molecule has 172 valence electrons. The first kappa shape index (κ1) is 22.2. The quantitative estimate of drug-likeness (QED) is 0.451. The Bertz CT molecular complexity index is 1190. The van der Waals surface area contributed by atoms with E-state index < -0.39 is 0 Å². The number of carbonyl (C=O) groups excluding carboxylic acids is 1. The third-order valence-corrected chi connectivity index (χ3v) is 8.83. The zero-order valence-corrected chi connectivity index (χ0v) is 20.6. The van der Waals surface area contributed by atoms with Gasteiger partial charge in [-0.05, 0) is 87.9 Å². The third kappa shape index (κ3) is 3.88. The molecule has 1 amide bonds. The fraction of sp³-hybridized carbons (Fsp3) is 0.452. The van der Waals surface area contributed by atoms with Crippen LogP contribution < -0.4 is 5.32 Å². The number of rotatable bonds is 4. The van der Waals surface area contributed by atoms with Gasteiger partial charge >= 0.3 is 0 Å². The fourth-order valence-corrected chi connectivity index (χ4v) is 6.93. The Morgan fingerprint density at radius 2 is 1.79 bits per heavy atom. The van der Waals surface area contributed by atoms with Gasteiger partial charge < -0.3 is 5.32 Å². The van der Waals surface area contributed by atoms with Crippen LogP contribution in [0.25, 0.3) is 10.8 Å². The van der Waals surface area contributed by atoms with Gasteiger partial charge in [-0.25, -0.2) is 0 Å². The molecule has 3 unspecified atom stereocenters. The molecule has 2 aliphatic rings. The number of hydrogen-bond donors (Lipinski definition) is 1. The Hall–Kier alpha value is -2.61. The van der Waals surface area contributed by atoms with Crippen LogP contribution in [0.3, 0.4) is 0 Å². The lowest BCUT2D eigenvalue weighted by Gasteiger charge is -2.55. The number of carbonyl (C=O) groups is 1. The molecule has 1 fully saturated rings. The Kier molecular flexibility index (Phi) is 5.59. The largest absolute Gasteiger partial charge is 0.351 e. The first-order chi connectivity index (χ1) is 15.8. The zero-order valence-electron chi connectivity index (χ0n) is 20.6. The van der Waals surface area contributed by atoms with Gasteiger partial charge in [-0.3, -0.25) is 4.79 Å². The average Bonchev–Trinajstić information content (AvgIpc) is 2.82. The summed E-state index contributed by atoms with van der Waals surface area (Å²) in [5.74, 6) is 1.21. The van der Waals surface area contributed by atoms with E-state index in [1.54, 1.807) is 11.1 Å². The second-order valence-corrected chi connectivity index (χ2v) is 11.3. The second-order valence-electron chi connectivity index (χ2n) is 11.3. The SMILES string of the molecule is CC(C)c1ccc2c(c1)CCC1C(C)(CNC(=O)c3ccc4ccccc4c3)CCCC21C. The lowest BCUT2D eigenvalue weighted by atomic mass is 9.49. The van der Waals surface area contributed by atoms with Crippen LogP contribution in [0.4, 0.5) is 0 Å². The van der Waals surface area contributed by atoms with Crippen LogP contribution in [0.5, 0.6) is 0 Å². The molecule has 2 nitrogen and oxygen atoms in total. The normalized spacial score (nSPS) is 26.6. The van der Waals surface area contributed by atoms with Gasteiger partial charge in [-0.15, -0.1) is 0 Å². The number of benzene rings is 3. The number of hydrogen-bond acceptors (Lipinski definition) is 1. The summed E-state index contributed by atoms with van der Waals surface area (Å²) in [4.78, 5) is 13.1. The molecule has 3 aromatic rings. The van der Waals surface area contributed by atoms with E-state index in [0.717, 1.165) is 23.9 Å². The zero-order chi connectivity index (χ0) is 23.2. The maximum Gasteiger partial charge on any atom is 0.251 e. The summed E-state index contributed by atoms with van der Waals surface area (Å²) in [5, 5.41) is 5.62. The highest BCUT2D eigenvalue weighted by molar-refractivity contribution is 5.98. The van der Waals surface area contributed by atoms with Gasteiger partial charge in [-0.1, -0.05) is 82.6 Å². The molecule has 1 N–H and O–H groups in total. The van der Waals surface area contributed by atoms with Crippen molar-refractivity contribution in [2.75, 3.05) is 6.54 Å². The summed E-state index contributed by atoms with van der Waals surface area (Å²) in [6.07, 6.45) is 6.03. The second kappa shape index (κ2) is 8.31. The summed E-state index contributed by atoms with van der Waals surface area (Å²) in [6.45, 7) is 10.2. The minimum atomic E-state index is 0.0482. The molecule has 2 aliphatic carbocycles. The Morgan fingerprint density at radius 3 is 2.58 bits per heavy atom. The molecule has 3 aromatic carbocycles. The van der Waals surface area contributed by atoms with Crippen LogP contribution in [0, 0.1) is 11.3 Å². The summed E-state index contributed by atoms with van der Waals surface area (Å²) in [7, 11) is 0. The minimum absolute atomic E-state index is 0.0482. The van der Waals surface area contributed by atoms with Crippen molar-refractivity contribution < 1.29 is 4.79 Å². The van der Waals surface area contributed by atoms with Gasteiger partial charge in [-0.2, -0.15) is 0 Å². The summed E-state index contributed by atoms with van der Waals surface area (Å²) >= 11 is 0. The number of amides is 1. The highest BCUT2D eigenvalue weighted by atomic mass is 16.1. The van der Waals surface area contributed by atoms with Crippen molar-refractivity contribution in [3.63, 3.8) is 0 Å². The molecule has 0 heterocycles. The smallest absolute Gasteiger partial charge is 0.251 e. The highest BCUT2D eigenvalue weighted by Gasteiger charge is 2.51. The van der Waals surface area contributed by atoms with Gasteiger partial charge in [0.15, 0.2) is 0 Å². The van der Waals surface area contributed by atoms with E-state index in [-0.39, 0.29) is 16.7 Å². The average molecular weight is 440 g/mol. The molecule has 5 rings (SSSR count). The maximum absolute atomic E-state index is 13.1. The number of nitrogens with one attached hydrogen (secondary N) is 1. The van der Waals surface area contributed by atoms with Crippen LogP contribution in [0.15, 0.2) is 60.7 Å². The molecule has 0 spiro atoms. The molecule has 0 bridgehead atoms. The highest BCUT2D eigenvalue weighted by Crippen LogP contribution is 2.57. The Balaban J connectivity index is 1.37. The molecule has 1 saturated carbocycles. The summed E-state index contributed by atoms with van der Waals surface area (Å²) < 4.78 is 0. The molecule has 2 heteroatoms. The summed E-state index contributed by atoms with van der Waals surface area (Å²) in [5.41, 5.74) is 5.65. The first-order valence-corrected chi connectivity index (χ1v) is 12.7. The van der Waals surface area contributed by atoms with E-state index in [1.165, 1.54) is 36.6 Å². The van der Waals surface area contributed by atoms with Crippen molar-refractivity contribution in [1.82, 2.24) is 5.32 Å². The Morgan fingerprint density at radius 1 is 1.00 bits per heavy atom. The molecular weight excluding hydrogens is 402 g/mol. The molecule has 33 heavy (non-hydrogen) atoms. The van der Waals surface area contributed by atoms with Crippen LogP contribution in [0.1, 0.15) is 86.3 Å².